The van der Waals surface area contributed by atoms with Gasteiger partial charge in [-0.25, -0.2) is 14.8 Å². The molecule has 6 rings (SSSR count). The first kappa shape index (κ1) is 22.3. The van der Waals surface area contributed by atoms with Gasteiger partial charge in [0.25, 0.3) is 5.56 Å². The Bertz CT molecular complexity index is 1620. The molecule has 0 spiro atoms. The molecule has 0 aliphatic heterocycles. The first-order valence-corrected chi connectivity index (χ1v) is 12.3. The number of H-pyrrole nitrogens is 1. The number of hydrogen-bond acceptors (Lipinski definition) is 6. The summed E-state index contributed by atoms with van der Waals surface area (Å²) in [6.45, 7) is 3.56. The van der Waals surface area contributed by atoms with Crippen LogP contribution in [0.15, 0.2) is 53.8 Å². The van der Waals surface area contributed by atoms with E-state index in [2.05, 4.69) is 20.1 Å². The van der Waals surface area contributed by atoms with E-state index in [-0.39, 0.29) is 11.5 Å². The van der Waals surface area contributed by atoms with Crippen LogP contribution < -0.4 is 5.56 Å². The molecule has 0 amide bonds. The smallest absolute Gasteiger partial charge is 0.338 e. The molecule has 0 bridgehead atoms. The van der Waals surface area contributed by atoms with Gasteiger partial charge in [0, 0.05) is 25.1 Å². The Morgan fingerprint density at radius 3 is 3.00 bits per heavy atom. The first-order valence-electron chi connectivity index (χ1n) is 12.3. The molecule has 0 saturated heterocycles. The molecule has 0 radical (unpaired) electrons. The van der Waals surface area contributed by atoms with Crippen LogP contribution in [0.4, 0.5) is 0 Å². The molecule has 4 heterocycles. The number of hydrogen-bond donors (Lipinski definition) is 1. The third-order valence-electron chi connectivity index (χ3n) is 6.55. The Morgan fingerprint density at radius 1 is 1.28 bits per heavy atom. The number of aromatic nitrogens is 7. The van der Waals surface area contributed by atoms with E-state index < -0.39 is 0 Å². The lowest BCUT2D eigenvalue weighted by Gasteiger charge is -2.07. The van der Waals surface area contributed by atoms with Crippen molar-refractivity contribution in [2.75, 3.05) is 6.61 Å². The standard InChI is InChI=1S/C26H27N7O3/c1-2-10-33-24(34)21-23(32-11-9-27-26(32)33)30-22(29-21)20-14-28-31(16-20)15-18-4-3-5-19(13-18)25(35)36-12-8-17-6-7-17/h3-5,9,11,13-14,16-17H,2,6-8,10,12,15H2,1H3,(H,29,30). The maximum absolute atomic E-state index is 13.1. The van der Waals surface area contributed by atoms with Gasteiger partial charge in [-0.3, -0.25) is 18.4 Å². The number of benzene rings is 1. The molecule has 1 aliphatic carbocycles. The van der Waals surface area contributed by atoms with Crippen LogP contribution in [0.2, 0.25) is 0 Å². The average Bonchev–Trinajstić information content (AvgIpc) is 3.26. The normalized spacial score (nSPS) is 13.6. The predicted molar refractivity (Wildman–Crippen MR) is 134 cm³/mol. The number of ether oxygens (including phenoxy) is 1. The summed E-state index contributed by atoms with van der Waals surface area (Å²) in [5.74, 6) is 1.58. The second-order valence-corrected chi connectivity index (χ2v) is 9.33. The Labute approximate surface area is 206 Å². The monoisotopic (exact) mass is 485 g/mol. The highest BCUT2D eigenvalue weighted by Gasteiger charge is 2.21. The van der Waals surface area contributed by atoms with Crippen LogP contribution in [0, 0.1) is 5.92 Å². The van der Waals surface area contributed by atoms with Gasteiger partial charge >= 0.3 is 5.97 Å². The number of aryl methyl sites for hydroxylation is 1. The molecule has 10 nitrogen and oxygen atoms in total. The summed E-state index contributed by atoms with van der Waals surface area (Å²) >= 11 is 0. The van der Waals surface area contributed by atoms with Crippen LogP contribution in [0.5, 0.6) is 0 Å². The highest BCUT2D eigenvalue weighted by molar-refractivity contribution is 5.89. The molecule has 1 N–H and O–H groups in total. The van der Waals surface area contributed by atoms with Crippen LogP contribution in [0.3, 0.4) is 0 Å². The quantitative estimate of drug-likeness (QED) is 0.319. The SMILES string of the molecule is CCCn1c(=O)c2[nH]c(-c3cnn(Cc4cccc(C(=O)OCCC5CC5)c4)c3)nc2n2ccnc12. The number of imidazole rings is 2. The third kappa shape index (κ3) is 4.19. The lowest BCUT2D eigenvalue weighted by molar-refractivity contribution is 0.0494. The zero-order valence-corrected chi connectivity index (χ0v) is 20.1. The maximum atomic E-state index is 13.1. The van der Waals surface area contributed by atoms with E-state index >= 15 is 0 Å². The average molecular weight is 486 g/mol. The lowest BCUT2D eigenvalue weighted by Crippen LogP contribution is -2.23. The van der Waals surface area contributed by atoms with Gasteiger partial charge in [-0.15, -0.1) is 0 Å². The molecule has 0 atom stereocenters. The summed E-state index contributed by atoms with van der Waals surface area (Å²) in [7, 11) is 0. The van der Waals surface area contributed by atoms with Gasteiger partial charge < -0.3 is 9.72 Å². The molecular formula is C26H27N7O3. The van der Waals surface area contributed by atoms with Crippen molar-refractivity contribution in [3.8, 4) is 11.4 Å². The van der Waals surface area contributed by atoms with Crippen molar-refractivity contribution in [2.24, 2.45) is 5.92 Å². The Morgan fingerprint density at radius 2 is 2.17 bits per heavy atom. The zero-order chi connectivity index (χ0) is 24.6. The van der Waals surface area contributed by atoms with E-state index in [0.717, 1.165) is 29.9 Å². The van der Waals surface area contributed by atoms with Gasteiger partial charge in [0.1, 0.15) is 5.82 Å². The number of nitrogens with zero attached hydrogens (tertiary/aromatic N) is 6. The molecule has 36 heavy (non-hydrogen) atoms. The number of rotatable bonds is 9. The largest absolute Gasteiger partial charge is 0.462 e. The highest BCUT2D eigenvalue weighted by atomic mass is 16.5. The fourth-order valence-electron chi connectivity index (χ4n) is 4.50. The Hall–Kier alpha value is -4.21. The minimum absolute atomic E-state index is 0.141. The van der Waals surface area contributed by atoms with E-state index in [0.29, 0.717) is 48.0 Å². The Kier molecular flexibility index (Phi) is 5.63. The van der Waals surface area contributed by atoms with E-state index in [4.69, 9.17) is 4.74 Å². The van der Waals surface area contributed by atoms with Crippen LogP contribution in [0.1, 0.15) is 48.5 Å². The van der Waals surface area contributed by atoms with E-state index in [1.807, 2.05) is 35.7 Å². The van der Waals surface area contributed by atoms with Gasteiger partial charge in [-0.2, -0.15) is 5.10 Å². The van der Waals surface area contributed by atoms with Crippen molar-refractivity contribution in [3.05, 3.63) is 70.5 Å². The fourth-order valence-corrected chi connectivity index (χ4v) is 4.50. The Balaban J connectivity index is 1.23. The fraction of sp³-hybridized carbons (Fsp3) is 0.346. The summed E-state index contributed by atoms with van der Waals surface area (Å²) in [6, 6.07) is 7.42. The maximum Gasteiger partial charge on any atom is 0.338 e. The number of carbonyl (C=O) groups excluding carboxylic acids is 1. The van der Waals surface area contributed by atoms with Crippen molar-refractivity contribution >= 4 is 22.9 Å². The summed E-state index contributed by atoms with van der Waals surface area (Å²) in [5.41, 5.74) is 3.07. The van der Waals surface area contributed by atoms with Gasteiger partial charge in [-0.05, 0) is 36.5 Å². The van der Waals surface area contributed by atoms with E-state index in [1.54, 1.807) is 33.9 Å². The minimum atomic E-state index is -0.291. The van der Waals surface area contributed by atoms with Gasteiger partial charge in [-0.1, -0.05) is 31.9 Å². The van der Waals surface area contributed by atoms with Crippen molar-refractivity contribution in [1.82, 2.24) is 33.7 Å². The van der Waals surface area contributed by atoms with Gasteiger partial charge in [0.2, 0.25) is 5.78 Å². The molecule has 4 aromatic heterocycles. The molecule has 10 heteroatoms. The number of aromatic amines is 1. The predicted octanol–water partition coefficient (Wildman–Crippen LogP) is 3.65. The third-order valence-corrected chi connectivity index (χ3v) is 6.55. The second-order valence-electron chi connectivity index (χ2n) is 9.33. The second kappa shape index (κ2) is 9.10. The van der Waals surface area contributed by atoms with Crippen LogP contribution in [-0.4, -0.2) is 46.3 Å². The summed E-state index contributed by atoms with van der Waals surface area (Å²) < 4.78 is 10.7. The summed E-state index contributed by atoms with van der Waals surface area (Å²) in [6.07, 6.45) is 11.3. The molecule has 1 aromatic carbocycles. The van der Waals surface area contributed by atoms with Gasteiger partial charge in [0.15, 0.2) is 11.2 Å². The molecule has 5 aromatic rings. The molecule has 184 valence electrons. The van der Waals surface area contributed by atoms with Crippen LogP contribution >= 0.6 is 0 Å². The molecule has 1 fully saturated rings. The van der Waals surface area contributed by atoms with E-state index in [9.17, 15) is 9.59 Å². The summed E-state index contributed by atoms with van der Waals surface area (Å²) in [5, 5.41) is 4.47. The molecular weight excluding hydrogens is 458 g/mol. The first-order chi connectivity index (χ1) is 17.6. The van der Waals surface area contributed by atoms with Crippen molar-refractivity contribution < 1.29 is 9.53 Å². The summed E-state index contributed by atoms with van der Waals surface area (Å²) in [4.78, 5) is 37.7. The highest BCUT2D eigenvalue weighted by Crippen LogP contribution is 2.32. The molecule has 0 unspecified atom stereocenters. The zero-order valence-electron chi connectivity index (χ0n) is 20.1. The topological polar surface area (TPSA) is 112 Å². The van der Waals surface area contributed by atoms with Crippen LogP contribution in [0.25, 0.3) is 28.3 Å². The van der Waals surface area contributed by atoms with Crippen molar-refractivity contribution in [3.63, 3.8) is 0 Å². The van der Waals surface area contributed by atoms with Crippen molar-refractivity contribution in [1.29, 1.82) is 0 Å². The number of carbonyl (C=O) groups is 1. The molecule has 1 aliphatic rings. The van der Waals surface area contributed by atoms with Crippen LogP contribution in [-0.2, 0) is 17.8 Å². The lowest BCUT2D eigenvalue weighted by atomic mass is 10.1. The van der Waals surface area contributed by atoms with Gasteiger partial charge in [0.05, 0.1) is 30.5 Å². The van der Waals surface area contributed by atoms with Crippen molar-refractivity contribution in [2.45, 2.75) is 45.7 Å². The molecule has 1 saturated carbocycles. The number of esters is 1. The minimum Gasteiger partial charge on any atom is -0.462 e. The number of nitrogens with one attached hydrogen (secondary N) is 1. The number of fused-ring (bicyclic) bond motifs is 3. The van der Waals surface area contributed by atoms with E-state index in [1.165, 1.54) is 12.8 Å².